The molecule has 2 aromatic carbocycles. The van der Waals surface area contributed by atoms with E-state index in [-0.39, 0.29) is 17.2 Å². The third-order valence-electron chi connectivity index (χ3n) is 3.06. The summed E-state index contributed by atoms with van der Waals surface area (Å²) in [6.45, 7) is 1.97. The molecule has 21 heavy (non-hydrogen) atoms. The Morgan fingerprint density at radius 1 is 1.24 bits per heavy atom. The van der Waals surface area contributed by atoms with E-state index in [1.165, 1.54) is 18.2 Å². The molecule has 0 spiro atoms. The van der Waals surface area contributed by atoms with Gasteiger partial charge in [-0.3, -0.25) is 0 Å². The van der Waals surface area contributed by atoms with Crippen molar-refractivity contribution in [3.63, 3.8) is 0 Å². The Hall–Kier alpha value is -2.21. The van der Waals surface area contributed by atoms with Gasteiger partial charge in [-0.2, -0.15) is 4.98 Å². The summed E-state index contributed by atoms with van der Waals surface area (Å²) in [5, 5.41) is 13.6. The van der Waals surface area contributed by atoms with Crippen LogP contribution in [-0.4, -0.2) is 15.2 Å². The Kier molecular flexibility index (Phi) is 3.47. The number of nitrogens with zero attached hydrogens (tertiary/aromatic N) is 2. The zero-order valence-electron chi connectivity index (χ0n) is 11.0. The van der Waals surface area contributed by atoms with Crippen molar-refractivity contribution in [2.24, 2.45) is 0 Å². The summed E-state index contributed by atoms with van der Waals surface area (Å²) in [6, 6.07) is 9.60. The molecular formula is C15H10BrFN2O2. The van der Waals surface area contributed by atoms with E-state index in [0.29, 0.717) is 5.82 Å². The highest BCUT2D eigenvalue weighted by Crippen LogP contribution is 2.32. The van der Waals surface area contributed by atoms with Crippen molar-refractivity contribution in [2.45, 2.75) is 6.92 Å². The number of phenolic OH excluding ortho intramolecular Hbond substituents is 1. The molecule has 0 saturated heterocycles. The molecule has 0 bridgehead atoms. The van der Waals surface area contributed by atoms with Crippen LogP contribution in [0.5, 0.6) is 5.75 Å². The summed E-state index contributed by atoms with van der Waals surface area (Å²) in [7, 11) is 0. The summed E-state index contributed by atoms with van der Waals surface area (Å²) >= 11 is 3.43. The molecule has 0 unspecified atom stereocenters. The Balaban J connectivity index is 2.06. The zero-order chi connectivity index (χ0) is 15.0. The van der Waals surface area contributed by atoms with E-state index in [1.807, 2.05) is 25.1 Å². The highest BCUT2D eigenvalue weighted by molar-refractivity contribution is 9.10. The standard InChI is InChI=1S/C15H10BrFN2O2/c1-8-5-6-9(7-10(8)16)14-18-15(21-19-14)13-11(17)3-2-4-12(13)20/h2-7,20H,1H3. The average molecular weight is 349 g/mol. The summed E-state index contributed by atoms with van der Waals surface area (Å²) in [5.74, 6) is -0.587. The molecule has 0 atom stereocenters. The fourth-order valence-corrected chi connectivity index (χ4v) is 2.28. The lowest BCUT2D eigenvalue weighted by atomic mass is 10.1. The van der Waals surface area contributed by atoms with Crippen LogP contribution in [-0.2, 0) is 0 Å². The normalized spacial score (nSPS) is 10.8. The van der Waals surface area contributed by atoms with Gasteiger partial charge in [0.1, 0.15) is 17.1 Å². The number of aromatic hydroxyl groups is 1. The number of halogens is 2. The third kappa shape index (κ3) is 2.54. The van der Waals surface area contributed by atoms with Crippen LogP contribution in [0.4, 0.5) is 4.39 Å². The second-order valence-corrected chi connectivity index (χ2v) is 5.38. The van der Waals surface area contributed by atoms with Crippen molar-refractivity contribution < 1.29 is 14.0 Å². The Labute approximate surface area is 128 Å². The van der Waals surface area contributed by atoms with Crippen molar-refractivity contribution in [1.29, 1.82) is 0 Å². The van der Waals surface area contributed by atoms with Crippen LogP contribution >= 0.6 is 15.9 Å². The highest BCUT2D eigenvalue weighted by Gasteiger charge is 2.18. The van der Waals surface area contributed by atoms with Crippen LogP contribution in [0.2, 0.25) is 0 Å². The molecule has 3 rings (SSSR count). The molecule has 0 aliphatic heterocycles. The number of benzene rings is 2. The fraction of sp³-hybridized carbons (Fsp3) is 0.0667. The first-order valence-corrected chi connectivity index (χ1v) is 6.93. The first-order chi connectivity index (χ1) is 10.1. The quantitative estimate of drug-likeness (QED) is 0.749. The van der Waals surface area contributed by atoms with Crippen LogP contribution in [0.3, 0.4) is 0 Å². The lowest BCUT2D eigenvalue weighted by Crippen LogP contribution is -1.86. The van der Waals surface area contributed by atoms with Crippen LogP contribution in [0.25, 0.3) is 22.8 Å². The minimum absolute atomic E-state index is 0.0581. The lowest BCUT2D eigenvalue weighted by molar-refractivity contribution is 0.421. The molecule has 106 valence electrons. The molecular weight excluding hydrogens is 339 g/mol. The van der Waals surface area contributed by atoms with E-state index >= 15 is 0 Å². The third-order valence-corrected chi connectivity index (χ3v) is 3.92. The van der Waals surface area contributed by atoms with Gasteiger partial charge in [0.15, 0.2) is 0 Å². The largest absolute Gasteiger partial charge is 0.507 e. The van der Waals surface area contributed by atoms with Crippen molar-refractivity contribution in [3.8, 4) is 28.6 Å². The van der Waals surface area contributed by atoms with Gasteiger partial charge in [0.05, 0.1) is 0 Å². The van der Waals surface area contributed by atoms with Gasteiger partial charge in [-0.25, -0.2) is 4.39 Å². The van der Waals surface area contributed by atoms with Gasteiger partial charge in [0.25, 0.3) is 5.89 Å². The van der Waals surface area contributed by atoms with Crippen LogP contribution in [0.15, 0.2) is 45.4 Å². The average Bonchev–Trinajstić information content (AvgIpc) is 2.91. The Morgan fingerprint density at radius 3 is 2.76 bits per heavy atom. The van der Waals surface area contributed by atoms with Gasteiger partial charge in [-0.05, 0) is 30.7 Å². The molecule has 0 saturated carbocycles. The lowest BCUT2D eigenvalue weighted by Gasteiger charge is -2.00. The summed E-state index contributed by atoms with van der Waals surface area (Å²) < 4.78 is 19.7. The van der Waals surface area contributed by atoms with Gasteiger partial charge in [0.2, 0.25) is 5.82 Å². The molecule has 1 heterocycles. The Bertz CT molecular complexity index is 797. The molecule has 0 aliphatic carbocycles. The minimum atomic E-state index is -0.615. The number of hydrogen-bond donors (Lipinski definition) is 1. The highest BCUT2D eigenvalue weighted by atomic mass is 79.9. The molecule has 6 heteroatoms. The second-order valence-electron chi connectivity index (χ2n) is 4.52. The smallest absolute Gasteiger partial charge is 0.265 e. The summed E-state index contributed by atoms with van der Waals surface area (Å²) in [6.07, 6.45) is 0. The first-order valence-electron chi connectivity index (χ1n) is 6.14. The van der Waals surface area contributed by atoms with E-state index < -0.39 is 5.82 Å². The van der Waals surface area contributed by atoms with E-state index in [4.69, 9.17) is 4.52 Å². The number of aromatic nitrogens is 2. The van der Waals surface area contributed by atoms with Crippen molar-refractivity contribution in [1.82, 2.24) is 10.1 Å². The molecule has 1 aromatic heterocycles. The van der Waals surface area contributed by atoms with E-state index in [0.717, 1.165) is 15.6 Å². The predicted octanol–water partition coefficient (Wildman–Crippen LogP) is 4.32. The molecule has 0 amide bonds. The van der Waals surface area contributed by atoms with E-state index in [2.05, 4.69) is 26.1 Å². The number of phenols is 1. The van der Waals surface area contributed by atoms with Crippen molar-refractivity contribution in [3.05, 3.63) is 52.3 Å². The first kappa shape index (κ1) is 13.8. The fourth-order valence-electron chi connectivity index (χ4n) is 1.90. The van der Waals surface area contributed by atoms with Crippen LogP contribution < -0.4 is 0 Å². The van der Waals surface area contributed by atoms with E-state index in [9.17, 15) is 9.50 Å². The number of rotatable bonds is 2. The maximum absolute atomic E-state index is 13.8. The Morgan fingerprint density at radius 2 is 2.05 bits per heavy atom. The molecule has 0 fully saturated rings. The SMILES string of the molecule is Cc1ccc(-c2noc(-c3c(O)cccc3F)n2)cc1Br. The topological polar surface area (TPSA) is 59.2 Å². The van der Waals surface area contributed by atoms with Gasteiger partial charge in [-0.15, -0.1) is 0 Å². The summed E-state index contributed by atoms with van der Waals surface area (Å²) in [4.78, 5) is 4.14. The number of aryl methyl sites for hydroxylation is 1. The summed E-state index contributed by atoms with van der Waals surface area (Å²) in [5.41, 5.74) is 1.72. The maximum Gasteiger partial charge on any atom is 0.265 e. The monoisotopic (exact) mass is 348 g/mol. The van der Waals surface area contributed by atoms with Crippen molar-refractivity contribution in [2.75, 3.05) is 0 Å². The van der Waals surface area contributed by atoms with Crippen LogP contribution in [0.1, 0.15) is 5.56 Å². The van der Waals surface area contributed by atoms with Gasteiger partial charge >= 0.3 is 0 Å². The molecule has 0 radical (unpaired) electrons. The van der Waals surface area contributed by atoms with Crippen molar-refractivity contribution >= 4 is 15.9 Å². The van der Waals surface area contributed by atoms with Crippen LogP contribution in [0, 0.1) is 12.7 Å². The second kappa shape index (κ2) is 5.29. The zero-order valence-corrected chi connectivity index (χ0v) is 12.6. The minimum Gasteiger partial charge on any atom is -0.507 e. The molecule has 0 aliphatic rings. The van der Waals surface area contributed by atoms with E-state index in [1.54, 1.807) is 0 Å². The predicted molar refractivity (Wildman–Crippen MR) is 79.2 cm³/mol. The van der Waals surface area contributed by atoms with Gasteiger partial charge in [-0.1, -0.05) is 39.3 Å². The van der Waals surface area contributed by atoms with Gasteiger partial charge < -0.3 is 9.63 Å². The molecule has 3 aromatic rings. The van der Waals surface area contributed by atoms with Gasteiger partial charge in [0, 0.05) is 10.0 Å². The molecule has 1 N–H and O–H groups in total. The number of hydrogen-bond acceptors (Lipinski definition) is 4. The molecule has 4 nitrogen and oxygen atoms in total. The maximum atomic E-state index is 13.8.